The van der Waals surface area contributed by atoms with E-state index in [9.17, 15) is 13.2 Å². The van der Waals surface area contributed by atoms with Crippen LogP contribution in [-0.4, -0.2) is 39.8 Å². The van der Waals surface area contributed by atoms with Gasteiger partial charge < -0.3 is 9.30 Å². The molecular formula is C20H22F3N3OS. The van der Waals surface area contributed by atoms with Gasteiger partial charge in [0, 0.05) is 42.3 Å². The molecule has 1 aliphatic heterocycles. The molecule has 0 spiro atoms. The molecule has 150 valence electrons. The third-order valence-corrected chi connectivity index (χ3v) is 5.90. The van der Waals surface area contributed by atoms with Gasteiger partial charge in [0.15, 0.2) is 0 Å². The Hall–Kier alpha value is -2.06. The van der Waals surface area contributed by atoms with Gasteiger partial charge >= 0.3 is 6.18 Å². The summed E-state index contributed by atoms with van der Waals surface area (Å²) in [4.78, 5) is 7.97. The van der Waals surface area contributed by atoms with E-state index in [2.05, 4.69) is 9.88 Å². The predicted octanol–water partition coefficient (Wildman–Crippen LogP) is 5.01. The summed E-state index contributed by atoms with van der Waals surface area (Å²) in [6, 6.07) is 7.00. The van der Waals surface area contributed by atoms with E-state index in [0.717, 1.165) is 42.9 Å². The summed E-state index contributed by atoms with van der Waals surface area (Å²) in [6.07, 6.45) is 1.05. The lowest BCUT2D eigenvalue weighted by Gasteiger charge is -2.31. The Morgan fingerprint density at radius 3 is 2.68 bits per heavy atom. The summed E-state index contributed by atoms with van der Waals surface area (Å²) >= 11 is 1.73. The number of rotatable bonds is 5. The van der Waals surface area contributed by atoms with Gasteiger partial charge in [-0.3, -0.25) is 4.90 Å². The maximum Gasteiger partial charge on any atom is 0.406 e. The van der Waals surface area contributed by atoms with Crippen molar-refractivity contribution in [2.45, 2.75) is 45.1 Å². The molecule has 4 nitrogen and oxygen atoms in total. The molecule has 0 N–H and O–H groups in total. The molecule has 28 heavy (non-hydrogen) atoms. The summed E-state index contributed by atoms with van der Waals surface area (Å²) in [7, 11) is 0. The summed E-state index contributed by atoms with van der Waals surface area (Å²) in [5.41, 5.74) is 0.549. The van der Waals surface area contributed by atoms with Crippen LogP contribution in [0.4, 0.5) is 13.2 Å². The van der Waals surface area contributed by atoms with Gasteiger partial charge in [-0.2, -0.15) is 13.2 Å². The number of alkyl halides is 3. The van der Waals surface area contributed by atoms with Crippen LogP contribution in [0.5, 0.6) is 5.75 Å². The average molecular weight is 409 g/mol. The summed E-state index contributed by atoms with van der Waals surface area (Å²) in [5.74, 6) is 0.662. The quantitative estimate of drug-likeness (QED) is 0.593. The number of piperidine rings is 1. The highest BCUT2D eigenvalue weighted by Crippen LogP contribution is 2.31. The molecule has 0 bridgehead atoms. The highest BCUT2D eigenvalue weighted by molar-refractivity contribution is 7.11. The molecule has 1 aliphatic rings. The summed E-state index contributed by atoms with van der Waals surface area (Å²) in [5, 5.41) is 1.81. The first kappa shape index (κ1) is 19.3. The minimum atomic E-state index is -4.24. The van der Waals surface area contributed by atoms with Crippen LogP contribution in [-0.2, 0) is 13.1 Å². The van der Waals surface area contributed by atoms with Crippen molar-refractivity contribution in [3.05, 3.63) is 46.5 Å². The maximum atomic E-state index is 12.8. The van der Waals surface area contributed by atoms with Crippen molar-refractivity contribution in [2.75, 3.05) is 13.1 Å². The topological polar surface area (TPSA) is 30.3 Å². The minimum absolute atomic E-state index is 0.0796. The molecule has 1 aromatic carbocycles. The normalized spacial score (nSPS) is 16.7. The predicted molar refractivity (Wildman–Crippen MR) is 104 cm³/mol. The fourth-order valence-electron chi connectivity index (χ4n) is 3.69. The van der Waals surface area contributed by atoms with Crippen LogP contribution in [0.25, 0.3) is 10.9 Å². The number of hydrogen-bond acceptors (Lipinski definition) is 4. The van der Waals surface area contributed by atoms with E-state index in [1.54, 1.807) is 29.5 Å². The van der Waals surface area contributed by atoms with E-state index < -0.39 is 12.7 Å². The van der Waals surface area contributed by atoms with Gasteiger partial charge in [0.1, 0.15) is 18.4 Å². The number of aromatic nitrogens is 2. The van der Waals surface area contributed by atoms with Gasteiger partial charge in [0.2, 0.25) is 0 Å². The van der Waals surface area contributed by atoms with E-state index in [0.29, 0.717) is 11.3 Å². The van der Waals surface area contributed by atoms with Crippen LogP contribution < -0.4 is 4.74 Å². The smallest absolute Gasteiger partial charge is 0.406 e. The van der Waals surface area contributed by atoms with E-state index in [1.807, 2.05) is 19.2 Å². The second-order valence-electron chi connectivity index (χ2n) is 7.19. The van der Waals surface area contributed by atoms with Gasteiger partial charge in [0.25, 0.3) is 0 Å². The SMILES string of the molecule is Cc1ncc(CN2CCC(Oc3cccc4c3ccn4CC(F)(F)F)CC2)s1. The fraction of sp³-hybridized carbons (Fsp3) is 0.450. The molecule has 0 aliphatic carbocycles. The first-order chi connectivity index (χ1) is 13.4. The summed E-state index contributed by atoms with van der Waals surface area (Å²) in [6.45, 7) is 3.81. The Morgan fingerprint density at radius 1 is 1.21 bits per heavy atom. The molecule has 0 saturated carbocycles. The van der Waals surface area contributed by atoms with Gasteiger partial charge in [0.05, 0.1) is 10.5 Å². The number of fused-ring (bicyclic) bond motifs is 1. The molecule has 0 amide bonds. The number of halogens is 3. The van der Waals surface area contributed by atoms with Gasteiger partial charge in [-0.1, -0.05) is 6.07 Å². The highest BCUT2D eigenvalue weighted by Gasteiger charge is 2.28. The van der Waals surface area contributed by atoms with Crippen molar-refractivity contribution in [1.29, 1.82) is 0 Å². The van der Waals surface area contributed by atoms with Crippen molar-refractivity contribution in [3.8, 4) is 5.75 Å². The third-order valence-electron chi connectivity index (χ3n) is 5.00. The highest BCUT2D eigenvalue weighted by atomic mass is 32.1. The van der Waals surface area contributed by atoms with Crippen molar-refractivity contribution >= 4 is 22.2 Å². The zero-order valence-electron chi connectivity index (χ0n) is 15.6. The van der Waals surface area contributed by atoms with Crippen LogP contribution in [0, 0.1) is 6.92 Å². The van der Waals surface area contributed by atoms with Gasteiger partial charge in [-0.25, -0.2) is 4.98 Å². The Labute approximate surface area is 165 Å². The van der Waals surface area contributed by atoms with Crippen molar-refractivity contribution in [2.24, 2.45) is 0 Å². The van der Waals surface area contributed by atoms with E-state index >= 15 is 0 Å². The Morgan fingerprint density at radius 2 is 2.00 bits per heavy atom. The Kier molecular flexibility index (Phi) is 5.33. The molecule has 3 aromatic rings. The van der Waals surface area contributed by atoms with Gasteiger partial charge in [-0.15, -0.1) is 11.3 Å². The first-order valence-corrected chi connectivity index (χ1v) is 10.1. The molecule has 0 unspecified atom stereocenters. The second-order valence-corrected chi connectivity index (χ2v) is 8.51. The molecule has 4 rings (SSSR count). The Bertz CT molecular complexity index is 942. The lowest BCUT2D eigenvalue weighted by molar-refractivity contribution is -0.139. The van der Waals surface area contributed by atoms with E-state index in [-0.39, 0.29) is 6.10 Å². The minimum Gasteiger partial charge on any atom is -0.490 e. The largest absolute Gasteiger partial charge is 0.490 e. The number of nitrogens with zero attached hydrogens (tertiary/aromatic N) is 3. The average Bonchev–Trinajstić information content (AvgIpc) is 3.22. The molecule has 1 fully saturated rings. The zero-order chi connectivity index (χ0) is 19.7. The van der Waals surface area contributed by atoms with E-state index in [4.69, 9.17) is 4.74 Å². The third kappa shape index (κ3) is 4.50. The van der Waals surface area contributed by atoms with Crippen molar-refractivity contribution in [3.63, 3.8) is 0 Å². The monoisotopic (exact) mass is 409 g/mol. The molecular weight excluding hydrogens is 387 g/mol. The Balaban J connectivity index is 1.39. The lowest BCUT2D eigenvalue weighted by Crippen LogP contribution is -2.37. The molecule has 2 aromatic heterocycles. The zero-order valence-corrected chi connectivity index (χ0v) is 16.4. The molecule has 3 heterocycles. The van der Waals surface area contributed by atoms with Crippen LogP contribution in [0.15, 0.2) is 36.7 Å². The van der Waals surface area contributed by atoms with Crippen LogP contribution >= 0.6 is 11.3 Å². The van der Waals surface area contributed by atoms with Crippen LogP contribution in [0.3, 0.4) is 0 Å². The molecule has 0 radical (unpaired) electrons. The fourth-order valence-corrected chi connectivity index (χ4v) is 4.53. The van der Waals surface area contributed by atoms with Gasteiger partial charge in [-0.05, 0) is 38.0 Å². The standard InChI is InChI=1S/C20H22F3N3OS/c1-14-24-11-16(28-14)12-25-8-5-15(6-9-25)27-19-4-2-3-18-17(19)7-10-26(18)13-20(21,22)23/h2-4,7,10-11,15H,5-6,8-9,12-13H2,1H3. The van der Waals surface area contributed by atoms with E-state index in [1.165, 1.54) is 15.6 Å². The number of thiazole rings is 1. The number of ether oxygens (including phenoxy) is 1. The first-order valence-electron chi connectivity index (χ1n) is 9.32. The second kappa shape index (κ2) is 7.75. The summed E-state index contributed by atoms with van der Waals surface area (Å²) < 4.78 is 45.7. The maximum absolute atomic E-state index is 12.8. The number of aryl methyl sites for hydroxylation is 1. The number of hydrogen-bond donors (Lipinski definition) is 0. The molecule has 0 atom stereocenters. The van der Waals surface area contributed by atoms with Crippen molar-refractivity contribution < 1.29 is 17.9 Å². The van der Waals surface area contributed by atoms with Crippen molar-refractivity contribution in [1.82, 2.24) is 14.5 Å². The number of benzene rings is 1. The van der Waals surface area contributed by atoms with Crippen LogP contribution in [0.1, 0.15) is 22.7 Å². The van der Waals surface area contributed by atoms with Crippen LogP contribution in [0.2, 0.25) is 0 Å². The molecule has 8 heteroatoms. The number of likely N-dealkylation sites (tertiary alicyclic amines) is 1. The molecule has 1 saturated heterocycles. The lowest BCUT2D eigenvalue weighted by atomic mass is 10.1.